The molecule has 158 valence electrons. The van der Waals surface area contributed by atoms with E-state index >= 15 is 0 Å². The van der Waals surface area contributed by atoms with E-state index in [9.17, 15) is 4.79 Å². The summed E-state index contributed by atoms with van der Waals surface area (Å²) in [6.07, 6.45) is 0. The molecule has 1 amide bonds. The Morgan fingerprint density at radius 3 is 2.74 bits per heavy atom. The van der Waals surface area contributed by atoms with Crippen molar-refractivity contribution in [1.29, 1.82) is 0 Å². The van der Waals surface area contributed by atoms with Crippen LogP contribution in [0.3, 0.4) is 0 Å². The van der Waals surface area contributed by atoms with Gasteiger partial charge in [0, 0.05) is 16.7 Å². The molecule has 2 aromatic carbocycles. The highest BCUT2D eigenvalue weighted by Gasteiger charge is 2.14. The average molecular weight is 458 g/mol. The maximum Gasteiger partial charge on any atom is 0.255 e. The second-order valence-electron chi connectivity index (χ2n) is 6.39. The minimum Gasteiger partial charge on any atom is -0.496 e. The van der Waals surface area contributed by atoms with Crippen LogP contribution < -0.4 is 14.8 Å². The number of aromatic nitrogens is 4. The van der Waals surface area contributed by atoms with Crippen molar-refractivity contribution in [2.75, 3.05) is 20.3 Å². The molecule has 0 unspecified atom stereocenters. The van der Waals surface area contributed by atoms with Gasteiger partial charge >= 0.3 is 0 Å². The van der Waals surface area contributed by atoms with Crippen molar-refractivity contribution in [2.45, 2.75) is 0 Å². The van der Waals surface area contributed by atoms with Gasteiger partial charge in [-0.05, 0) is 36.4 Å². The van der Waals surface area contributed by atoms with Crippen molar-refractivity contribution in [2.24, 2.45) is 0 Å². The molecular weight excluding hydrogens is 441 g/mol. The fourth-order valence-corrected chi connectivity index (χ4v) is 3.32. The number of carbonyl (C=O) groups is 1. The molecular formula is C21H17Cl2N5O3. The number of hydrogen-bond acceptors (Lipinski definition) is 6. The number of benzene rings is 2. The summed E-state index contributed by atoms with van der Waals surface area (Å²) in [5.41, 5.74) is 1.62. The molecule has 0 bridgehead atoms. The SMILES string of the molecule is COc1ccc(Cl)cc1C(=O)NCCOc1ccc2nnc(-c3ccccc3Cl)n2n1. The summed E-state index contributed by atoms with van der Waals surface area (Å²) in [5, 5.41) is 16.5. The standard InChI is InChI=1S/C21H17Cl2N5O3/c1-30-17-7-6-13(22)12-15(17)21(29)24-10-11-31-19-9-8-18-25-26-20(28(18)27-19)14-4-2-3-5-16(14)23/h2-9,12H,10-11H2,1H3,(H,24,29). The number of nitrogens with zero attached hydrogens (tertiary/aromatic N) is 4. The topological polar surface area (TPSA) is 90.6 Å². The van der Waals surface area contributed by atoms with Crippen LogP contribution in [0.25, 0.3) is 17.0 Å². The molecule has 0 radical (unpaired) electrons. The third-order valence-electron chi connectivity index (χ3n) is 4.40. The molecule has 8 nitrogen and oxygen atoms in total. The van der Waals surface area contributed by atoms with E-state index in [1.807, 2.05) is 18.2 Å². The molecule has 31 heavy (non-hydrogen) atoms. The maximum absolute atomic E-state index is 12.4. The Balaban J connectivity index is 1.42. The lowest BCUT2D eigenvalue weighted by Crippen LogP contribution is -2.28. The number of hydrogen-bond donors (Lipinski definition) is 1. The number of nitrogens with one attached hydrogen (secondary N) is 1. The van der Waals surface area contributed by atoms with E-state index in [1.165, 1.54) is 7.11 Å². The van der Waals surface area contributed by atoms with Crippen LogP contribution in [0, 0.1) is 0 Å². The number of ether oxygens (including phenoxy) is 2. The van der Waals surface area contributed by atoms with Crippen molar-refractivity contribution in [3.63, 3.8) is 0 Å². The van der Waals surface area contributed by atoms with Gasteiger partial charge in [-0.2, -0.15) is 4.52 Å². The van der Waals surface area contributed by atoms with Gasteiger partial charge in [0.25, 0.3) is 5.91 Å². The first kappa shape index (κ1) is 20.9. The van der Waals surface area contributed by atoms with Crippen molar-refractivity contribution in [3.05, 3.63) is 70.2 Å². The normalized spacial score (nSPS) is 10.8. The highest BCUT2D eigenvalue weighted by molar-refractivity contribution is 6.33. The first-order valence-electron chi connectivity index (χ1n) is 9.28. The summed E-state index contributed by atoms with van der Waals surface area (Å²) in [4.78, 5) is 12.4. The summed E-state index contributed by atoms with van der Waals surface area (Å²) < 4.78 is 12.4. The van der Waals surface area contributed by atoms with E-state index in [1.54, 1.807) is 40.9 Å². The van der Waals surface area contributed by atoms with Gasteiger partial charge in [0.05, 0.1) is 24.2 Å². The third kappa shape index (κ3) is 4.55. The highest BCUT2D eigenvalue weighted by Crippen LogP contribution is 2.26. The number of rotatable bonds is 7. The predicted molar refractivity (Wildman–Crippen MR) is 117 cm³/mol. The molecule has 0 aliphatic carbocycles. The van der Waals surface area contributed by atoms with Crippen LogP contribution in [0.15, 0.2) is 54.6 Å². The van der Waals surface area contributed by atoms with Gasteiger partial charge < -0.3 is 14.8 Å². The zero-order valence-electron chi connectivity index (χ0n) is 16.4. The monoisotopic (exact) mass is 457 g/mol. The molecule has 0 saturated carbocycles. The molecule has 10 heteroatoms. The Bertz CT molecular complexity index is 1240. The molecule has 0 aliphatic rings. The smallest absolute Gasteiger partial charge is 0.255 e. The van der Waals surface area contributed by atoms with E-state index in [0.717, 1.165) is 0 Å². The first-order chi connectivity index (χ1) is 15.1. The summed E-state index contributed by atoms with van der Waals surface area (Å²) in [6.45, 7) is 0.463. The van der Waals surface area contributed by atoms with Gasteiger partial charge in [-0.3, -0.25) is 4.79 Å². The second-order valence-corrected chi connectivity index (χ2v) is 7.24. The quantitative estimate of drug-likeness (QED) is 0.423. The molecule has 2 heterocycles. The number of carbonyl (C=O) groups excluding carboxylic acids is 1. The van der Waals surface area contributed by atoms with E-state index in [2.05, 4.69) is 20.6 Å². The fourth-order valence-electron chi connectivity index (χ4n) is 2.93. The number of halogens is 2. The van der Waals surface area contributed by atoms with Crippen LogP contribution >= 0.6 is 23.2 Å². The van der Waals surface area contributed by atoms with Gasteiger partial charge in [0.15, 0.2) is 11.5 Å². The minimum atomic E-state index is -0.314. The molecule has 0 saturated heterocycles. The Morgan fingerprint density at radius 1 is 1.10 bits per heavy atom. The Morgan fingerprint density at radius 2 is 1.94 bits per heavy atom. The summed E-state index contributed by atoms with van der Waals surface area (Å²) >= 11 is 12.2. The van der Waals surface area contributed by atoms with E-state index in [0.29, 0.717) is 44.3 Å². The lowest BCUT2D eigenvalue weighted by Gasteiger charge is -2.10. The van der Waals surface area contributed by atoms with Crippen LogP contribution in [0.5, 0.6) is 11.6 Å². The molecule has 1 N–H and O–H groups in total. The molecule has 0 atom stereocenters. The van der Waals surface area contributed by atoms with Gasteiger partial charge in [0.1, 0.15) is 12.4 Å². The number of fused-ring (bicyclic) bond motifs is 1. The number of methoxy groups -OCH3 is 1. The van der Waals surface area contributed by atoms with Crippen LogP contribution in [0.2, 0.25) is 10.0 Å². The summed E-state index contributed by atoms with van der Waals surface area (Å²) in [5.74, 6) is 0.989. The Labute approximate surface area is 187 Å². The third-order valence-corrected chi connectivity index (χ3v) is 4.96. The Kier molecular flexibility index (Phi) is 6.20. The molecule has 0 aliphatic heterocycles. The van der Waals surface area contributed by atoms with E-state index in [-0.39, 0.29) is 19.1 Å². The van der Waals surface area contributed by atoms with Gasteiger partial charge in [-0.15, -0.1) is 15.3 Å². The van der Waals surface area contributed by atoms with Crippen LogP contribution in [-0.4, -0.2) is 46.0 Å². The fraction of sp³-hybridized carbons (Fsp3) is 0.143. The average Bonchev–Trinajstić information content (AvgIpc) is 3.20. The highest BCUT2D eigenvalue weighted by atomic mass is 35.5. The minimum absolute atomic E-state index is 0.205. The Hall–Kier alpha value is -3.36. The molecule has 0 fully saturated rings. The largest absolute Gasteiger partial charge is 0.496 e. The van der Waals surface area contributed by atoms with Gasteiger partial charge in [0.2, 0.25) is 5.88 Å². The maximum atomic E-state index is 12.4. The van der Waals surface area contributed by atoms with E-state index < -0.39 is 0 Å². The number of amides is 1. The van der Waals surface area contributed by atoms with Crippen molar-refractivity contribution in [1.82, 2.24) is 25.1 Å². The summed E-state index contributed by atoms with van der Waals surface area (Å²) in [6, 6.07) is 15.6. The molecule has 0 spiro atoms. The molecule has 4 rings (SSSR count). The lowest BCUT2D eigenvalue weighted by atomic mass is 10.2. The zero-order valence-corrected chi connectivity index (χ0v) is 17.9. The van der Waals surface area contributed by atoms with Gasteiger partial charge in [-0.25, -0.2) is 0 Å². The van der Waals surface area contributed by atoms with Gasteiger partial charge in [-0.1, -0.05) is 35.3 Å². The lowest BCUT2D eigenvalue weighted by molar-refractivity contribution is 0.0943. The molecule has 4 aromatic rings. The van der Waals surface area contributed by atoms with Crippen molar-refractivity contribution < 1.29 is 14.3 Å². The van der Waals surface area contributed by atoms with Crippen molar-refractivity contribution >= 4 is 34.8 Å². The summed E-state index contributed by atoms with van der Waals surface area (Å²) in [7, 11) is 1.49. The molecule has 2 aromatic heterocycles. The first-order valence-corrected chi connectivity index (χ1v) is 10.0. The van der Waals surface area contributed by atoms with Crippen LogP contribution in [0.1, 0.15) is 10.4 Å². The van der Waals surface area contributed by atoms with Crippen molar-refractivity contribution in [3.8, 4) is 23.0 Å². The zero-order chi connectivity index (χ0) is 21.8. The predicted octanol–water partition coefficient (Wildman–Crippen LogP) is 3.92. The van der Waals surface area contributed by atoms with Crippen LogP contribution in [-0.2, 0) is 0 Å². The second kappa shape index (κ2) is 9.20. The van der Waals surface area contributed by atoms with E-state index in [4.69, 9.17) is 32.7 Å². The van der Waals surface area contributed by atoms with Crippen LogP contribution in [0.4, 0.5) is 0 Å².